The molecule has 28 heavy (non-hydrogen) atoms. The summed E-state index contributed by atoms with van der Waals surface area (Å²) in [6.45, 7) is 3.44. The zero-order valence-electron chi connectivity index (χ0n) is 15.7. The maximum absolute atomic E-state index is 12.2. The first-order valence-electron chi connectivity index (χ1n) is 8.82. The van der Waals surface area contributed by atoms with Gasteiger partial charge < -0.3 is 16.0 Å². The van der Waals surface area contributed by atoms with E-state index in [0.29, 0.717) is 11.6 Å². The van der Waals surface area contributed by atoms with Gasteiger partial charge >= 0.3 is 0 Å². The number of aromatic nitrogens is 2. The van der Waals surface area contributed by atoms with E-state index in [1.165, 1.54) is 6.92 Å². The van der Waals surface area contributed by atoms with Crippen molar-refractivity contribution in [1.82, 2.24) is 10.2 Å². The fourth-order valence-corrected chi connectivity index (χ4v) is 2.62. The van der Waals surface area contributed by atoms with E-state index < -0.39 is 0 Å². The topological polar surface area (TPSA) is 96.0 Å². The summed E-state index contributed by atoms with van der Waals surface area (Å²) in [6.07, 6.45) is 0.287. The van der Waals surface area contributed by atoms with Crippen molar-refractivity contribution in [1.29, 1.82) is 0 Å². The van der Waals surface area contributed by atoms with Crippen LogP contribution in [0, 0.1) is 6.92 Å². The predicted octanol–water partition coefficient (Wildman–Crippen LogP) is 3.67. The van der Waals surface area contributed by atoms with Crippen LogP contribution in [0.2, 0.25) is 0 Å². The van der Waals surface area contributed by atoms with E-state index in [1.54, 1.807) is 24.3 Å². The summed E-state index contributed by atoms with van der Waals surface area (Å²) >= 11 is 0. The largest absolute Gasteiger partial charge is 0.339 e. The predicted molar refractivity (Wildman–Crippen MR) is 110 cm³/mol. The number of amides is 2. The minimum absolute atomic E-state index is 0.119. The first-order chi connectivity index (χ1) is 13.5. The van der Waals surface area contributed by atoms with Crippen LogP contribution in [-0.2, 0) is 16.0 Å². The van der Waals surface area contributed by atoms with Crippen molar-refractivity contribution in [2.75, 3.05) is 16.0 Å². The lowest BCUT2D eigenvalue weighted by Gasteiger charge is -2.08. The van der Waals surface area contributed by atoms with Crippen molar-refractivity contribution in [3.63, 3.8) is 0 Å². The van der Waals surface area contributed by atoms with Crippen LogP contribution in [0.1, 0.15) is 18.1 Å². The van der Waals surface area contributed by atoms with E-state index >= 15 is 0 Å². The summed E-state index contributed by atoms with van der Waals surface area (Å²) in [5.74, 6) is 0.679. The monoisotopic (exact) mass is 375 g/mol. The van der Waals surface area contributed by atoms with Gasteiger partial charge in [-0.05, 0) is 54.4 Å². The third-order valence-electron chi connectivity index (χ3n) is 4.02. The van der Waals surface area contributed by atoms with Gasteiger partial charge in [-0.1, -0.05) is 24.3 Å². The molecule has 3 N–H and O–H groups in total. The SMILES string of the molecule is CC(=O)Nc1ccc(Nc2ccc(NC(=O)Cc3ccccc3C)nn2)cc1. The van der Waals surface area contributed by atoms with Gasteiger partial charge in [0.2, 0.25) is 11.8 Å². The van der Waals surface area contributed by atoms with Crippen molar-refractivity contribution >= 4 is 34.8 Å². The van der Waals surface area contributed by atoms with Crippen molar-refractivity contribution in [2.45, 2.75) is 20.3 Å². The Balaban J connectivity index is 1.56. The van der Waals surface area contributed by atoms with E-state index in [-0.39, 0.29) is 18.2 Å². The van der Waals surface area contributed by atoms with E-state index in [4.69, 9.17) is 0 Å². The van der Waals surface area contributed by atoms with Crippen molar-refractivity contribution < 1.29 is 9.59 Å². The summed E-state index contributed by atoms with van der Waals surface area (Å²) < 4.78 is 0. The van der Waals surface area contributed by atoms with Crippen molar-refractivity contribution in [3.8, 4) is 0 Å². The number of aryl methyl sites for hydroxylation is 1. The molecule has 7 nitrogen and oxygen atoms in total. The Morgan fingerprint density at radius 2 is 1.46 bits per heavy atom. The van der Waals surface area contributed by atoms with Crippen LogP contribution in [0.15, 0.2) is 60.7 Å². The fourth-order valence-electron chi connectivity index (χ4n) is 2.62. The first-order valence-corrected chi connectivity index (χ1v) is 8.82. The standard InChI is InChI=1S/C21H21N5O2/c1-14-5-3-4-6-16(14)13-21(28)24-20-12-11-19(25-26-20)23-18-9-7-17(8-10-18)22-15(2)27/h3-12H,13H2,1-2H3,(H,22,27)(H,23,25)(H,24,26,28). The minimum Gasteiger partial charge on any atom is -0.339 e. The Morgan fingerprint density at radius 1 is 0.821 bits per heavy atom. The molecule has 0 bridgehead atoms. The van der Waals surface area contributed by atoms with E-state index in [1.807, 2.05) is 43.3 Å². The molecule has 7 heteroatoms. The number of carbonyl (C=O) groups excluding carboxylic acids is 2. The molecule has 142 valence electrons. The summed E-state index contributed by atoms with van der Waals surface area (Å²) in [7, 11) is 0. The number of hydrogen-bond donors (Lipinski definition) is 3. The number of carbonyl (C=O) groups is 2. The minimum atomic E-state index is -0.141. The van der Waals surface area contributed by atoms with Gasteiger partial charge in [0.15, 0.2) is 11.6 Å². The van der Waals surface area contributed by atoms with Gasteiger partial charge in [0.05, 0.1) is 6.42 Å². The highest BCUT2D eigenvalue weighted by atomic mass is 16.2. The molecule has 3 aromatic rings. The third kappa shape index (κ3) is 5.38. The number of benzene rings is 2. The van der Waals surface area contributed by atoms with Crippen LogP contribution in [0.25, 0.3) is 0 Å². The second-order valence-electron chi connectivity index (χ2n) is 6.34. The lowest BCUT2D eigenvalue weighted by molar-refractivity contribution is -0.116. The fraction of sp³-hybridized carbons (Fsp3) is 0.143. The highest BCUT2D eigenvalue weighted by Gasteiger charge is 2.07. The Morgan fingerprint density at radius 3 is 2.11 bits per heavy atom. The number of nitrogens with one attached hydrogen (secondary N) is 3. The zero-order chi connectivity index (χ0) is 19.9. The molecule has 1 heterocycles. The average Bonchev–Trinajstić information content (AvgIpc) is 2.66. The van der Waals surface area contributed by atoms with Gasteiger partial charge in [0, 0.05) is 18.3 Å². The smallest absolute Gasteiger partial charge is 0.230 e. The molecule has 0 unspecified atom stereocenters. The van der Waals surface area contributed by atoms with Crippen molar-refractivity contribution in [2.24, 2.45) is 0 Å². The molecule has 2 amide bonds. The van der Waals surface area contributed by atoms with E-state index in [0.717, 1.165) is 22.5 Å². The third-order valence-corrected chi connectivity index (χ3v) is 4.02. The van der Waals surface area contributed by atoms with E-state index in [2.05, 4.69) is 26.1 Å². The molecule has 0 saturated heterocycles. The molecule has 0 radical (unpaired) electrons. The molecular weight excluding hydrogens is 354 g/mol. The van der Waals surface area contributed by atoms with Gasteiger partial charge in [-0.3, -0.25) is 9.59 Å². The maximum atomic E-state index is 12.2. The summed E-state index contributed by atoms with van der Waals surface area (Å²) in [5, 5.41) is 16.7. The Hall–Kier alpha value is -3.74. The van der Waals surface area contributed by atoms with Crippen LogP contribution in [0.3, 0.4) is 0 Å². The molecule has 0 saturated carbocycles. The Kier molecular flexibility index (Phi) is 5.96. The molecule has 1 aromatic heterocycles. The van der Waals surface area contributed by atoms with Crippen LogP contribution in [-0.4, -0.2) is 22.0 Å². The second kappa shape index (κ2) is 8.77. The number of rotatable bonds is 6. The van der Waals surface area contributed by atoms with Gasteiger partial charge in [-0.15, -0.1) is 10.2 Å². The molecular formula is C21H21N5O2. The maximum Gasteiger partial charge on any atom is 0.230 e. The number of anilines is 4. The lowest BCUT2D eigenvalue weighted by Crippen LogP contribution is -2.16. The molecule has 0 spiro atoms. The number of nitrogens with zero attached hydrogens (tertiary/aromatic N) is 2. The van der Waals surface area contributed by atoms with Crippen LogP contribution in [0.5, 0.6) is 0 Å². The normalized spacial score (nSPS) is 10.2. The second-order valence-corrected chi connectivity index (χ2v) is 6.34. The van der Waals surface area contributed by atoms with E-state index in [9.17, 15) is 9.59 Å². The molecule has 0 aliphatic rings. The summed E-state index contributed by atoms with van der Waals surface area (Å²) in [4.78, 5) is 23.2. The molecule has 2 aromatic carbocycles. The van der Waals surface area contributed by atoms with Crippen LogP contribution >= 0.6 is 0 Å². The summed E-state index contributed by atoms with van der Waals surface area (Å²) in [5.41, 5.74) is 3.58. The average molecular weight is 375 g/mol. The highest BCUT2D eigenvalue weighted by Crippen LogP contribution is 2.18. The molecule has 0 atom stereocenters. The first kappa shape index (κ1) is 19.0. The Bertz CT molecular complexity index is 969. The highest BCUT2D eigenvalue weighted by molar-refractivity contribution is 5.91. The Labute approximate surface area is 163 Å². The van der Waals surface area contributed by atoms with Gasteiger partial charge in [0.25, 0.3) is 0 Å². The van der Waals surface area contributed by atoms with Gasteiger partial charge in [-0.2, -0.15) is 0 Å². The molecule has 0 aliphatic heterocycles. The molecule has 0 fully saturated rings. The quantitative estimate of drug-likeness (QED) is 0.611. The van der Waals surface area contributed by atoms with Crippen LogP contribution in [0.4, 0.5) is 23.0 Å². The molecule has 3 rings (SSSR count). The zero-order valence-corrected chi connectivity index (χ0v) is 15.7. The molecule has 0 aliphatic carbocycles. The summed E-state index contributed by atoms with van der Waals surface area (Å²) in [6, 6.07) is 18.4. The lowest BCUT2D eigenvalue weighted by atomic mass is 10.1. The van der Waals surface area contributed by atoms with Crippen LogP contribution < -0.4 is 16.0 Å². The van der Waals surface area contributed by atoms with Crippen molar-refractivity contribution in [3.05, 3.63) is 71.8 Å². The number of hydrogen-bond acceptors (Lipinski definition) is 5. The van der Waals surface area contributed by atoms with Gasteiger partial charge in [0.1, 0.15) is 0 Å². The van der Waals surface area contributed by atoms with Gasteiger partial charge in [-0.25, -0.2) is 0 Å².